The van der Waals surface area contributed by atoms with Gasteiger partial charge in [-0.1, -0.05) is 46.7 Å². The van der Waals surface area contributed by atoms with Crippen LogP contribution in [0, 0.1) is 45.8 Å². The molecule has 4 aliphatic carbocycles. The molecule has 1 heterocycles. The van der Waals surface area contributed by atoms with Crippen LogP contribution in [0.25, 0.3) is 0 Å². The Morgan fingerprint density at radius 3 is 2.81 bits per heavy atom. The summed E-state index contributed by atoms with van der Waals surface area (Å²) in [5.41, 5.74) is 1.59. The molecule has 3 fully saturated rings. The predicted molar refractivity (Wildman–Crippen MR) is 110 cm³/mol. The molecule has 1 saturated heterocycles. The SMILES string of the molecule is C[C@]12CC[C@H]3[C@@H](C=CC4=CC5(CCSS5)CC[C@@]43CO)[C@@H]1CC[C@@H]2C#N. The Morgan fingerprint density at radius 1 is 1.19 bits per heavy atom. The molecule has 7 atom stereocenters. The van der Waals surface area contributed by atoms with Crippen LogP contribution in [-0.2, 0) is 0 Å². The van der Waals surface area contributed by atoms with E-state index in [-0.39, 0.29) is 16.7 Å². The van der Waals surface area contributed by atoms with Gasteiger partial charge in [-0.25, -0.2) is 0 Å². The van der Waals surface area contributed by atoms with E-state index in [4.69, 9.17) is 0 Å². The molecule has 1 unspecified atom stereocenters. The molecule has 1 N–H and O–H groups in total. The topological polar surface area (TPSA) is 44.0 Å². The van der Waals surface area contributed by atoms with Crippen LogP contribution in [-0.4, -0.2) is 22.2 Å². The van der Waals surface area contributed by atoms with Gasteiger partial charge in [-0.15, -0.1) is 0 Å². The highest BCUT2D eigenvalue weighted by Gasteiger charge is 2.60. The summed E-state index contributed by atoms with van der Waals surface area (Å²) in [6.07, 6.45) is 15.6. The molecule has 0 aromatic carbocycles. The molecule has 140 valence electrons. The third-order valence-electron chi connectivity index (χ3n) is 8.80. The minimum Gasteiger partial charge on any atom is -0.395 e. The molecular weight excluding hydrogens is 358 g/mol. The lowest BCUT2D eigenvalue weighted by Crippen LogP contribution is -2.52. The van der Waals surface area contributed by atoms with E-state index in [0.29, 0.717) is 29.1 Å². The Balaban J connectivity index is 1.54. The molecule has 4 heteroatoms. The van der Waals surface area contributed by atoms with E-state index in [9.17, 15) is 10.4 Å². The average Bonchev–Trinajstić information content (AvgIpc) is 3.25. The van der Waals surface area contributed by atoms with Crippen molar-refractivity contribution in [2.24, 2.45) is 34.5 Å². The van der Waals surface area contributed by atoms with Gasteiger partial charge in [0, 0.05) is 15.9 Å². The summed E-state index contributed by atoms with van der Waals surface area (Å²) in [7, 11) is 4.08. The number of nitrogens with zero attached hydrogens (tertiary/aromatic N) is 1. The molecule has 0 amide bonds. The second-order valence-electron chi connectivity index (χ2n) is 9.59. The van der Waals surface area contributed by atoms with E-state index in [1.165, 1.54) is 37.0 Å². The largest absolute Gasteiger partial charge is 0.395 e. The fourth-order valence-corrected chi connectivity index (χ4v) is 10.5. The van der Waals surface area contributed by atoms with Gasteiger partial charge in [0.05, 0.1) is 18.6 Å². The summed E-state index contributed by atoms with van der Waals surface area (Å²) in [4.78, 5) is 0. The van der Waals surface area contributed by atoms with E-state index in [1.807, 2.05) is 10.8 Å². The van der Waals surface area contributed by atoms with Crippen molar-refractivity contribution in [2.45, 2.75) is 56.6 Å². The number of nitriles is 1. The van der Waals surface area contributed by atoms with Crippen molar-refractivity contribution in [1.82, 2.24) is 0 Å². The minimum absolute atomic E-state index is 0.0233. The molecule has 0 bridgehead atoms. The molecule has 26 heavy (non-hydrogen) atoms. The Bertz CT molecular complexity index is 703. The van der Waals surface area contributed by atoms with Crippen molar-refractivity contribution in [2.75, 3.05) is 12.4 Å². The van der Waals surface area contributed by atoms with Crippen LogP contribution in [0.4, 0.5) is 0 Å². The Morgan fingerprint density at radius 2 is 2.08 bits per heavy atom. The van der Waals surface area contributed by atoms with Gasteiger partial charge in [0.2, 0.25) is 0 Å². The number of aliphatic hydroxyl groups excluding tert-OH is 1. The smallest absolute Gasteiger partial charge is 0.0661 e. The highest BCUT2D eigenvalue weighted by atomic mass is 33.1. The third-order valence-corrected chi connectivity index (χ3v) is 12.0. The second-order valence-corrected chi connectivity index (χ2v) is 12.4. The fourth-order valence-electron chi connectivity index (χ4n) is 7.19. The Kier molecular flexibility index (Phi) is 4.13. The van der Waals surface area contributed by atoms with E-state index in [0.717, 1.165) is 19.3 Å². The zero-order valence-corrected chi connectivity index (χ0v) is 17.2. The molecule has 1 spiro atoms. The van der Waals surface area contributed by atoms with Gasteiger partial charge < -0.3 is 5.11 Å². The van der Waals surface area contributed by atoms with E-state index in [1.54, 1.807) is 0 Å². The molecule has 0 radical (unpaired) electrons. The van der Waals surface area contributed by atoms with Crippen LogP contribution in [0.1, 0.15) is 51.9 Å². The molecule has 5 aliphatic rings. The average molecular weight is 388 g/mol. The van der Waals surface area contributed by atoms with Crippen LogP contribution in [0.2, 0.25) is 0 Å². The number of fused-ring (bicyclic) bond motifs is 5. The third kappa shape index (κ3) is 2.23. The molecule has 2 nitrogen and oxygen atoms in total. The molecule has 5 rings (SSSR count). The van der Waals surface area contributed by atoms with E-state index in [2.05, 4.69) is 42.0 Å². The van der Waals surface area contributed by atoms with Gasteiger partial charge in [-0.3, -0.25) is 0 Å². The molecule has 1 aliphatic heterocycles. The number of aliphatic hydroxyl groups is 1. The maximum atomic E-state index is 10.6. The first-order valence-electron chi connectivity index (χ1n) is 10.3. The predicted octanol–water partition coefficient (Wildman–Crippen LogP) is 5.36. The van der Waals surface area contributed by atoms with Gasteiger partial charge in [-0.2, -0.15) is 5.26 Å². The van der Waals surface area contributed by atoms with E-state index >= 15 is 0 Å². The number of allylic oxidation sites excluding steroid dienone is 2. The maximum absolute atomic E-state index is 10.6. The Labute approximate surface area is 165 Å². The summed E-state index contributed by atoms with van der Waals surface area (Å²) < 4.78 is 0.318. The second kappa shape index (κ2) is 6.06. The quantitative estimate of drug-likeness (QED) is 0.615. The first kappa shape index (κ1) is 17.7. The number of hydrogen-bond acceptors (Lipinski definition) is 4. The van der Waals surface area contributed by atoms with Crippen LogP contribution in [0.3, 0.4) is 0 Å². The summed E-state index contributed by atoms with van der Waals surface area (Å²) in [6, 6.07) is 2.62. The number of hydrogen-bond donors (Lipinski definition) is 1. The zero-order valence-electron chi connectivity index (χ0n) is 15.6. The fraction of sp³-hybridized carbons (Fsp3) is 0.773. The molecular formula is C22H29NOS2. The van der Waals surface area contributed by atoms with Crippen molar-refractivity contribution in [1.29, 1.82) is 5.26 Å². The molecule has 0 aromatic rings. The van der Waals surface area contributed by atoms with Crippen LogP contribution in [0.15, 0.2) is 23.8 Å². The van der Waals surface area contributed by atoms with Crippen LogP contribution < -0.4 is 0 Å². The zero-order chi connectivity index (χ0) is 18.0. The van der Waals surface area contributed by atoms with Gasteiger partial charge in [0.15, 0.2) is 0 Å². The van der Waals surface area contributed by atoms with Crippen molar-refractivity contribution >= 4 is 21.6 Å². The minimum atomic E-state index is -0.0233. The lowest BCUT2D eigenvalue weighted by molar-refractivity contribution is -0.0361. The normalized spacial score (nSPS) is 52.1. The summed E-state index contributed by atoms with van der Waals surface area (Å²) in [6.45, 7) is 2.67. The highest BCUT2D eigenvalue weighted by Crippen LogP contribution is 2.67. The maximum Gasteiger partial charge on any atom is 0.0661 e. The van der Waals surface area contributed by atoms with Gasteiger partial charge in [0.1, 0.15) is 0 Å². The molecule has 2 saturated carbocycles. The van der Waals surface area contributed by atoms with Crippen molar-refractivity contribution < 1.29 is 5.11 Å². The van der Waals surface area contributed by atoms with Crippen molar-refractivity contribution in [3.63, 3.8) is 0 Å². The van der Waals surface area contributed by atoms with Gasteiger partial charge >= 0.3 is 0 Å². The monoisotopic (exact) mass is 387 g/mol. The van der Waals surface area contributed by atoms with E-state index < -0.39 is 0 Å². The summed E-state index contributed by atoms with van der Waals surface area (Å²) in [5, 5.41) is 20.3. The van der Waals surface area contributed by atoms with Crippen LogP contribution in [0.5, 0.6) is 0 Å². The standard InChI is InChI=1S/C22H29NOS2/c1-20-7-6-19-17(18(20)5-3-16(20)13-23)4-2-15-12-21(10-11-25-26-21)8-9-22(15,19)14-24/h2,4,12,16-19,24H,3,5-11,14H2,1H3/t16-,17+,18+,19+,20-,21?,22-/m1/s1. The highest BCUT2D eigenvalue weighted by molar-refractivity contribution is 8.77. The Hall–Kier alpha value is -0.370. The van der Waals surface area contributed by atoms with Crippen molar-refractivity contribution in [3.05, 3.63) is 23.8 Å². The lowest BCUT2D eigenvalue weighted by Gasteiger charge is -2.57. The lowest BCUT2D eigenvalue weighted by atomic mass is 9.48. The summed E-state index contributed by atoms with van der Waals surface area (Å²) in [5.74, 6) is 3.23. The first-order valence-corrected chi connectivity index (χ1v) is 12.6. The first-order chi connectivity index (χ1) is 12.6. The van der Waals surface area contributed by atoms with Gasteiger partial charge in [0.25, 0.3) is 0 Å². The molecule has 0 aromatic heterocycles. The van der Waals surface area contributed by atoms with Crippen molar-refractivity contribution in [3.8, 4) is 6.07 Å². The van der Waals surface area contributed by atoms with Gasteiger partial charge in [-0.05, 0) is 73.7 Å². The van der Waals surface area contributed by atoms with Crippen LogP contribution >= 0.6 is 21.6 Å². The number of rotatable bonds is 1. The summed E-state index contributed by atoms with van der Waals surface area (Å²) >= 11 is 0.